The van der Waals surface area contributed by atoms with Crippen molar-refractivity contribution in [3.8, 4) is 0 Å². The molecular weight excluding hydrogens is 591 g/mol. The number of rotatable bonds is 11. The largest absolute Gasteiger partial charge is 0.480 e. The van der Waals surface area contributed by atoms with Gasteiger partial charge in [0.15, 0.2) is 0 Å². The molecule has 0 aliphatic heterocycles. The highest BCUT2D eigenvalue weighted by Gasteiger charge is 2.27. The molecule has 0 radical (unpaired) electrons. The van der Waals surface area contributed by atoms with Crippen LogP contribution in [0.2, 0.25) is 0 Å². The van der Waals surface area contributed by atoms with Crippen LogP contribution in [0.4, 0.5) is 22.0 Å². The SMILES string of the molecule is CCCCC(F)(F)F.CCCc1c(C)cc(F)c(C(=O)NC(Cc2ccnc(Cn3c(=O)ccn(C)c3=O)c2)C(=O)O)c1F. The van der Waals surface area contributed by atoms with Crippen molar-refractivity contribution < 1.29 is 36.6 Å². The fourth-order valence-corrected chi connectivity index (χ4v) is 4.25. The molecule has 44 heavy (non-hydrogen) atoms. The number of pyridine rings is 1. The molecule has 1 aromatic carbocycles. The number of unbranched alkanes of at least 4 members (excludes halogenated alkanes) is 1. The van der Waals surface area contributed by atoms with Crippen LogP contribution in [0.1, 0.15) is 72.3 Å². The van der Waals surface area contributed by atoms with Crippen LogP contribution < -0.4 is 16.6 Å². The maximum Gasteiger partial charge on any atom is 0.389 e. The minimum absolute atomic E-state index is 0.149. The lowest BCUT2D eigenvalue weighted by atomic mass is 9.98. The Kier molecular flexibility index (Phi) is 13.0. The Morgan fingerprint density at radius 2 is 1.77 bits per heavy atom. The highest BCUT2D eigenvalue weighted by atomic mass is 19.4. The molecule has 2 N–H and O–H groups in total. The van der Waals surface area contributed by atoms with E-state index in [1.807, 2.05) is 6.92 Å². The first-order valence-electron chi connectivity index (χ1n) is 13.9. The number of aromatic nitrogens is 3. The standard InChI is InChI=1S/C25H26F2N4O5.C5H9F3/c1-4-5-17-14(2)10-18(26)21(22(17)27)23(33)29-19(24(34)35)12-15-6-8-28-16(11-15)13-31-20(32)7-9-30(3)25(31)36;1-2-3-4-5(6,7)8/h6-11,19H,4-5,12-13H2,1-3H3,(H,29,33)(H,34,35);2-4H2,1H3. The van der Waals surface area contributed by atoms with Crippen LogP contribution in [0.5, 0.6) is 0 Å². The predicted molar refractivity (Wildman–Crippen MR) is 153 cm³/mol. The van der Waals surface area contributed by atoms with E-state index < -0.39 is 59.0 Å². The average molecular weight is 627 g/mol. The number of halogens is 5. The van der Waals surface area contributed by atoms with Gasteiger partial charge in [0.2, 0.25) is 0 Å². The molecule has 9 nitrogen and oxygen atoms in total. The number of hydrogen-bond acceptors (Lipinski definition) is 5. The minimum Gasteiger partial charge on any atom is -0.480 e. The van der Waals surface area contributed by atoms with Gasteiger partial charge in [-0.05, 0) is 54.7 Å². The van der Waals surface area contributed by atoms with E-state index in [0.717, 1.165) is 10.6 Å². The fourth-order valence-electron chi connectivity index (χ4n) is 4.25. The summed E-state index contributed by atoms with van der Waals surface area (Å²) in [7, 11) is 1.49. The van der Waals surface area contributed by atoms with Crippen molar-refractivity contribution in [3.05, 3.63) is 97.1 Å². The lowest BCUT2D eigenvalue weighted by Gasteiger charge is -2.17. The van der Waals surface area contributed by atoms with E-state index in [1.54, 1.807) is 13.8 Å². The van der Waals surface area contributed by atoms with Crippen molar-refractivity contribution in [3.63, 3.8) is 0 Å². The molecule has 0 aliphatic carbocycles. The fraction of sp³-hybridized carbons (Fsp3) is 0.433. The van der Waals surface area contributed by atoms with Crippen LogP contribution in [0.15, 0.2) is 46.2 Å². The third-order valence-electron chi connectivity index (χ3n) is 6.57. The first-order chi connectivity index (χ1) is 20.6. The number of amides is 1. The molecule has 2 heterocycles. The number of carboxylic acids is 1. The summed E-state index contributed by atoms with van der Waals surface area (Å²) in [4.78, 5) is 53.1. The molecule has 0 saturated carbocycles. The summed E-state index contributed by atoms with van der Waals surface area (Å²) in [5, 5.41) is 11.9. The monoisotopic (exact) mass is 626 g/mol. The third kappa shape index (κ3) is 10.1. The smallest absolute Gasteiger partial charge is 0.389 e. The number of carbonyl (C=O) groups is 2. The molecule has 240 valence electrons. The molecule has 1 amide bonds. The molecule has 3 rings (SSSR count). The van der Waals surface area contributed by atoms with Crippen LogP contribution in [0.25, 0.3) is 0 Å². The molecule has 0 bridgehead atoms. The van der Waals surface area contributed by atoms with Gasteiger partial charge in [0.25, 0.3) is 11.5 Å². The third-order valence-corrected chi connectivity index (χ3v) is 6.57. The van der Waals surface area contributed by atoms with Crippen molar-refractivity contribution in [2.75, 3.05) is 0 Å². The van der Waals surface area contributed by atoms with E-state index in [-0.39, 0.29) is 24.9 Å². The highest BCUT2D eigenvalue weighted by Crippen LogP contribution is 2.23. The molecule has 14 heteroatoms. The normalized spacial score (nSPS) is 11.8. The molecule has 2 aromatic heterocycles. The molecule has 1 atom stereocenters. The van der Waals surface area contributed by atoms with Crippen molar-refractivity contribution in [2.45, 2.75) is 78.1 Å². The van der Waals surface area contributed by atoms with E-state index in [9.17, 15) is 46.2 Å². The van der Waals surface area contributed by atoms with Gasteiger partial charge in [0, 0.05) is 38.3 Å². The van der Waals surface area contributed by atoms with Gasteiger partial charge in [-0.25, -0.2) is 18.4 Å². The topological polar surface area (TPSA) is 123 Å². The Labute approximate surface area is 250 Å². The maximum atomic E-state index is 15.0. The molecule has 1 unspecified atom stereocenters. The van der Waals surface area contributed by atoms with Gasteiger partial charge in [-0.1, -0.05) is 26.7 Å². The summed E-state index contributed by atoms with van der Waals surface area (Å²) in [6.07, 6.45) is -0.351. The van der Waals surface area contributed by atoms with E-state index in [0.29, 0.717) is 36.1 Å². The molecule has 0 spiro atoms. The molecule has 3 aromatic rings. The van der Waals surface area contributed by atoms with Gasteiger partial charge >= 0.3 is 17.8 Å². The number of aliphatic carboxylic acids is 1. The number of hydrogen-bond donors (Lipinski definition) is 2. The number of carboxylic acid groups (broad SMARTS) is 1. The lowest BCUT2D eigenvalue weighted by molar-refractivity contribution is -0.139. The van der Waals surface area contributed by atoms with Crippen molar-refractivity contribution in [1.29, 1.82) is 0 Å². The van der Waals surface area contributed by atoms with Gasteiger partial charge in [-0.15, -0.1) is 0 Å². The van der Waals surface area contributed by atoms with Crippen LogP contribution in [-0.2, 0) is 31.2 Å². The summed E-state index contributed by atoms with van der Waals surface area (Å²) in [5.74, 6) is -4.66. The Morgan fingerprint density at radius 1 is 1.09 bits per heavy atom. The summed E-state index contributed by atoms with van der Waals surface area (Å²) in [6, 6.07) is 3.78. The van der Waals surface area contributed by atoms with Crippen LogP contribution in [0.3, 0.4) is 0 Å². The van der Waals surface area contributed by atoms with Gasteiger partial charge < -0.3 is 15.0 Å². The quantitative estimate of drug-likeness (QED) is 0.298. The summed E-state index contributed by atoms with van der Waals surface area (Å²) >= 11 is 0. The molecule has 0 fully saturated rings. The number of nitrogens with zero attached hydrogens (tertiary/aromatic N) is 3. The lowest BCUT2D eigenvalue weighted by Crippen LogP contribution is -2.43. The van der Waals surface area contributed by atoms with E-state index >= 15 is 0 Å². The second kappa shape index (κ2) is 15.9. The Bertz CT molecular complexity index is 1580. The zero-order chi connectivity index (χ0) is 33.2. The minimum atomic E-state index is -3.95. The number of alkyl halides is 3. The van der Waals surface area contributed by atoms with Gasteiger partial charge in [-0.3, -0.25) is 19.1 Å². The summed E-state index contributed by atoms with van der Waals surface area (Å²) in [6.45, 7) is 4.95. The van der Waals surface area contributed by atoms with Gasteiger partial charge in [0.1, 0.15) is 23.2 Å². The first-order valence-corrected chi connectivity index (χ1v) is 13.9. The molecular formula is C30H35F5N4O5. The number of nitrogens with one attached hydrogen (secondary N) is 1. The van der Waals surface area contributed by atoms with Crippen LogP contribution >= 0.6 is 0 Å². The predicted octanol–water partition coefficient (Wildman–Crippen LogP) is 4.69. The number of benzene rings is 1. The second-order valence-corrected chi connectivity index (χ2v) is 10.2. The van der Waals surface area contributed by atoms with E-state index in [4.69, 9.17) is 0 Å². The van der Waals surface area contributed by atoms with E-state index in [1.165, 1.54) is 42.2 Å². The summed E-state index contributed by atoms with van der Waals surface area (Å²) in [5.41, 5.74) is -0.587. The molecule has 0 aliphatic rings. The average Bonchev–Trinajstić information content (AvgIpc) is 2.94. The zero-order valence-corrected chi connectivity index (χ0v) is 24.8. The van der Waals surface area contributed by atoms with Gasteiger partial charge in [-0.2, -0.15) is 13.2 Å². The summed E-state index contributed by atoms with van der Waals surface area (Å²) < 4.78 is 65.4. The number of carbonyl (C=O) groups excluding carboxylic acids is 1. The van der Waals surface area contributed by atoms with E-state index in [2.05, 4.69) is 10.3 Å². The van der Waals surface area contributed by atoms with Crippen LogP contribution in [0, 0.1) is 18.6 Å². The first kappa shape index (κ1) is 35.8. The van der Waals surface area contributed by atoms with Crippen LogP contribution in [-0.4, -0.2) is 43.3 Å². The Morgan fingerprint density at radius 3 is 2.34 bits per heavy atom. The number of aryl methyl sites for hydroxylation is 2. The molecule has 0 saturated heterocycles. The van der Waals surface area contributed by atoms with Crippen molar-refractivity contribution >= 4 is 11.9 Å². The highest BCUT2D eigenvalue weighted by molar-refractivity contribution is 5.97. The second-order valence-electron chi connectivity index (χ2n) is 10.2. The van der Waals surface area contributed by atoms with Gasteiger partial charge in [0.05, 0.1) is 12.2 Å². The zero-order valence-electron chi connectivity index (χ0n) is 24.8. The Balaban J connectivity index is 0.000000742. The Hall–Kier alpha value is -4.36. The van der Waals surface area contributed by atoms with Crippen molar-refractivity contribution in [2.24, 2.45) is 7.05 Å². The maximum absolute atomic E-state index is 15.0. The van der Waals surface area contributed by atoms with Crippen molar-refractivity contribution in [1.82, 2.24) is 19.4 Å².